The number of aromatic nitrogens is 2. The Labute approximate surface area is 134 Å². The molecule has 6 nitrogen and oxygen atoms in total. The first-order valence-electron chi connectivity index (χ1n) is 7.35. The van der Waals surface area contributed by atoms with Crippen LogP contribution < -0.4 is 15.4 Å². The Morgan fingerprint density at radius 2 is 2.17 bits per heavy atom. The monoisotopic (exact) mass is 320 g/mol. The molecule has 23 heavy (non-hydrogen) atoms. The second kappa shape index (κ2) is 7.62. The highest BCUT2D eigenvalue weighted by atomic mass is 19.1. The van der Waals surface area contributed by atoms with Gasteiger partial charge in [-0.2, -0.15) is 0 Å². The summed E-state index contributed by atoms with van der Waals surface area (Å²) in [6, 6.07) is 3.44. The fourth-order valence-electron chi connectivity index (χ4n) is 2.34. The van der Waals surface area contributed by atoms with Crippen LogP contribution >= 0.6 is 0 Å². The summed E-state index contributed by atoms with van der Waals surface area (Å²) in [5, 5.41) is 5.62. The average Bonchev–Trinajstić information content (AvgIpc) is 2.99. The molecule has 7 heteroatoms. The Morgan fingerprint density at radius 1 is 1.39 bits per heavy atom. The number of halogens is 1. The van der Waals surface area contributed by atoms with E-state index in [4.69, 9.17) is 4.74 Å². The number of rotatable bonds is 6. The van der Waals surface area contributed by atoms with Gasteiger partial charge in [0.1, 0.15) is 11.6 Å². The first-order valence-corrected chi connectivity index (χ1v) is 7.35. The molecular formula is C16H21FN4O2. The molecule has 2 atom stereocenters. The predicted octanol–water partition coefficient (Wildman–Crippen LogP) is 2.48. The minimum atomic E-state index is -0.388. The van der Waals surface area contributed by atoms with Crippen molar-refractivity contribution in [3.05, 3.63) is 48.3 Å². The maximum absolute atomic E-state index is 13.4. The molecule has 0 unspecified atom stereocenters. The molecule has 0 saturated heterocycles. The third kappa shape index (κ3) is 4.70. The van der Waals surface area contributed by atoms with E-state index in [1.807, 2.05) is 17.7 Å². The van der Waals surface area contributed by atoms with Crippen LogP contribution in [-0.4, -0.2) is 28.7 Å². The summed E-state index contributed by atoms with van der Waals surface area (Å²) in [4.78, 5) is 16.0. The lowest BCUT2D eigenvalue weighted by Crippen LogP contribution is -2.43. The molecule has 0 fully saturated rings. The summed E-state index contributed by atoms with van der Waals surface area (Å²) in [5.41, 5.74) is 0.588. The number of nitrogens with one attached hydrogen (secondary N) is 2. The number of carbonyl (C=O) groups excluding carboxylic acids is 1. The first kappa shape index (κ1) is 16.8. The molecule has 0 aliphatic carbocycles. The van der Waals surface area contributed by atoms with E-state index in [-0.39, 0.29) is 23.9 Å². The van der Waals surface area contributed by atoms with E-state index in [1.54, 1.807) is 25.5 Å². The Bertz CT molecular complexity index is 646. The molecule has 1 heterocycles. The Balaban J connectivity index is 1.93. The number of benzene rings is 1. The van der Waals surface area contributed by atoms with E-state index in [9.17, 15) is 9.18 Å². The van der Waals surface area contributed by atoms with E-state index in [2.05, 4.69) is 15.6 Å². The third-order valence-electron chi connectivity index (χ3n) is 3.43. The molecule has 1 aromatic heterocycles. The summed E-state index contributed by atoms with van der Waals surface area (Å²) >= 11 is 0. The number of hydrogen-bond acceptors (Lipinski definition) is 3. The van der Waals surface area contributed by atoms with E-state index in [1.165, 1.54) is 19.2 Å². The fraction of sp³-hybridized carbons (Fsp3) is 0.375. The molecule has 0 radical (unpaired) electrons. The smallest absolute Gasteiger partial charge is 0.315 e. The van der Waals surface area contributed by atoms with Crippen LogP contribution in [0.3, 0.4) is 0 Å². The number of imidazole rings is 1. The lowest BCUT2D eigenvalue weighted by molar-refractivity contribution is 0.233. The van der Waals surface area contributed by atoms with Crippen molar-refractivity contribution >= 4 is 6.03 Å². The van der Waals surface area contributed by atoms with Gasteiger partial charge in [-0.3, -0.25) is 0 Å². The van der Waals surface area contributed by atoms with E-state index in [0.717, 1.165) is 0 Å². The highest BCUT2D eigenvalue weighted by molar-refractivity contribution is 5.74. The summed E-state index contributed by atoms with van der Waals surface area (Å²) in [7, 11) is 1.51. The van der Waals surface area contributed by atoms with Crippen LogP contribution in [0.5, 0.6) is 5.75 Å². The number of amides is 2. The van der Waals surface area contributed by atoms with Crippen LogP contribution in [0.25, 0.3) is 0 Å². The van der Waals surface area contributed by atoms with Crippen molar-refractivity contribution in [1.29, 1.82) is 0 Å². The summed E-state index contributed by atoms with van der Waals surface area (Å²) in [5.74, 6) is 0.161. The highest BCUT2D eigenvalue weighted by Crippen LogP contribution is 2.25. The van der Waals surface area contributed by atoms with Crippen LogP contribution in [0.4, 0.5) is 9.18 Å². The van der Waals surface area contributed by atoms with Crippen molar-refractivity contribution in [3.8, 4) is 5.75 Å². The zero-order valence-electron chi connectivity index (χ0n) is 13.4. The van der Waals surface area contributed by atoms with Gasteiger partial charge < -0.3 is 19.9 Å². The van der Waals surface area contributed by atoms with Crippen LogP contribution in [0.2, 0.25) is 0 Å². The third-order valence-corrected chi connectivity index (χ3v) is 3.43. The molecule has 2 aromatic rings. The maximum atomic E-state index is 13.4. The quantitative estimate of drug-likeness (QED) is 0.859. The molecule has 1 aromatic carbocycles. The number of methoxy groups -OCH3 is 1. The van der Waals surface area contributed by atoms with Gasteiger partial charge >= 0.3 is 6.03 Å². The molecule has 0 spiro atoms. The van der Waals surface area contributed by atoms with Gasteiger partial charge in [0.25, 0.3) is 0 Å². The van der Waals surface area contributed by atoms with Crippen LogP contribution in [-0.2, 0) is 6.54 Å². The normalized spacial score (nSPS) is 13.2. The van der Waals surface area contributed by atoms with Gasteiger partial charge in [0.2, 0.25) is 0 Å². The number of urea groups is 1. The molecule has 2 amide bonds. The average molecular weight is 320 g/mol. The molecular weight excluding hydrogens is 299 g/mol. The van der Waals surface area contributed by atoms with E-state index >= 15 is 0 Å². The Hall–Kier alpha value is -2.57. The highest BCUT2D eigenvalue weighted by Gasteiger charge is 2.16. The largest absolute Gasteiger partial charge is 0.496 e. The second-order valence-electron chi connectivity index (χ2n) is 5.39. The van der Waals surface area contributed by atoms with E-state index in [0.29, 0.717) is 17.9 Å². The topological polar surface area (TPSA) is 68.2 Å². The van der Waals surface area contributed by atoms with Crippen molar-refractivity contribution in [2.24, 2.45) is 0 Å². The van der Waals surface area contributed by atoms with Crippen molar-refractivity contribution < 1.29 is 13.9 Å². The van der Waals surface area contributed by atoms with Crippen molar-refractivity contribution in [1.82, 2.24) is 20.2 Å². The van der Waals surface area contributed by atoms with Crippen LogP contribution in [0, 0.1) is 5.82 Å². The van der Waals surface area contributed by atoms with Gasteiger partial charge in [-0.25, -0.2) is 14.2 Å². The van der Waals surface area contributed by atoms with Gasteiger partial charge in [-0.15, -0.1) is 0 Å². The minimum Gasteiger partial charge on any atom is -0.496 e. The number of carbonyl (C=O) groups is 1. The Morgan fingerprint density at radius 3 is 2.83 bits per heavy atom. The lowest BCUT2D eigenvalue weighted by Gasteiger charge is -2.20. The zero-order valence-corrected chi connectivity index (χ0v) is 13.4. The Kier molecular flexibility index (Phi) is 5.56. The van der Waals surface area contributed by atoms with Crippen molar-refractivity contribution in [3.63, 3.8) is 0 Å². The molecule has 0 saturated carbocycles. The molecule has 0 aliphatic rings. The minimum absolute atomic E-state index is 0.0780. The molecule has 0 bridgehead atoms. The number of ether oxygens (including phenoxy) is 1. The summed E-state index contributed by atoms with van der Waals surface area (Å²) in [6.07, 6.45) is 5.21. The summed E-state index contributed by atoms with van der Waals surface area (Å²) in [6.45, 7) is 4.29. The van der Waals surface area contributed by atoms with Gasteiger partial charge in [-0.05, 0) is 32.0 Å². The fourth-order valence-corrected chi connectivity index (χ4v) is 2.34. The molecule has 124 valence electrons. The predicted molar refractivity (Wildman–Crippen MR) is 84.7 cm³/mol. The van der Waals surface area contributed by atoms with Crippen molar-refractivity contribution in [2.45, 2.75) is 32.5 Å². The molecule has 0 aliphatic heterocycles. The second-order valence-corrected chi connectivity index (χ2v) is 5.39. The molecule has 2 N–H and O–H groups in total. The zero-order chi connectivity index (χ0) is 16.8. The van der Waals surface area contributed by atoms with Crippen LogP contribution in [0.1, 0.15) is 25.5 Å². The SMILES string of the molecule is COc1ccc(F)cc1[C@@H](C)NC(=O)N[C@H](C)Cn1ccnc1. The standard InChI is InChI=1S/C16H21FN4O2/c1-11(9-21-7-6-18-10-21)19-16(22)20-12(2)14-8-13(17)4-5-15(14)23-3/h4-8,10-12H,9H2,1-3H3,(H2,19,20,22)/t11-,12-/m1/s1. The lowest BCUT2D eigenvalue weighted by atomic mass is 10.1. The molecule has 2 rings (SSSR count). The van der Waals surface area contributed by atoms with Gasteiger partial charge in [0.15, 0.2) is 0 Å². The van der Waals surface area contributed by atoms with Gasteiger partial charge in [0.05, 0.1) is 19.5 Å². The first-order chi connectivity index (χ1) is 11.0. The number of hydrogen-bond donors (Lipinski definition) is 2. The van der Waals surface area contributed by atoms with Crippen molar-refractivity contribution in [2.75, 3.05) is 7.11 Å². The van der Waals surface area contributed by atoms with Crippen LogP contribution in [0.15, 0.2) is 36.9 Å². The van der Waals surface area contributed by atoms with Gasteiger partial charge in [0, 0.05) is 30.5 Å². The van der Waals surface area contributed by atoms with E-state index < -0.39 is 0 Å². The number of nitrogens with zero attached hydrogens (tertiary/aromatic N) is 2. The summed E-state index contributed by atoms with van der Waals surface area (Å²) < 4.78 is 20.5. The van der Waals surface area contributed by atoms with Gasteiger partial charge in [-0.1, -0.05) is 0 Å². The maximum Gasteiger partial charge on any atom is 0.315 e.